The van der Waals surface area contributed by atoms with Crippen LogP contribution >= 0.6 is 0 Å². The van der Waals surface area contributed by atoms with Gasteiger partial charge in [-0.1, -0.05) is 0 Å². The molecule has 1 atom stereocenters. The lowest BCUT2D eigenvalue weighted by Crippen LogP contribution is -2.70. The first-order chi connectivity index (χ1) is 15.4. The van der Waals surface area contributed by atoms with E-state index < -0.39 is 0 Å². The summed E-state index contributed by atoms with van der Waals surface area (Å²) in [6, 6.07) is 0. The van der Waals surface area contributed by atoms with Gasteiger partial charge < -0.3 is 14.7 Å². The van der Waals surface area contributed by atoms with E-state index in [0.29, 0.717) is 37.2 Å². The van der Waals surface area contributed by atoms with Crippen LogP contribution in [0.2, 0.25) is 0 Å². The van der Waals surface area contributed by atoms with Crippen LogP contribution in [0, 0.1) is 0 Å². The van der Waals surface area contributed by atoms with Crippen molar-refractivity contribution in [2.75, 3.05) is 106 Å². The fraction of sp³-hybridized carbons (Fsp3) is 0.917. The van der Waals surface area contributed by atoms with E-state index >= 15 is 0 Å². The summed E-state index contributed by atoms with van der Waals surface area (Å²) in [4.78, 5) is 39.5. The van der Waals surface area contributed by atoms with Crippen LogP contribution in [0.1, 0.15) is 32.1 Å². The quantitative estimate of drug-likeness (QED) is 0.535. The van der Waals surface area contributed by atoms with E-state index in [0.717, 1.165) is 98.0 Å². The number of hydrogen-bond donors (Lipinski definition) is 0. The van der Waals surface area contributed by atoms with Crippen molar-refractivity contribution < 1.29 is 9.59 Å². The van der Waals surface area contributed by atoms with Crippen LogP contribution in [0.3, 0.4) is 0 Å². The predicted molar refractivity (Wildman–Crippen MR) is 127 cm³/mol. The fourth-order valence-electron chi connectivity index (χ4n) is 5.92. The minimum absolute atomic E-state index is 0.0499. The van der Waals surface area contributed by atoms with Crippen LogP contribution in [0.25, 0.3) is 0 Å². The summed E-state index contributed by atoms with van der Waals surface area (Å²) < 4.78 is 0. The van der Waals surface area contributed by atoms with E-state index in [2.05, 4.69) is 43.5 Å². The second-order valence-electron chi connectivity index (χ2n) is 10.5. The number of Topliss-reactive ketones (excluding diaryl/α,β-unsaturated/α-hetero) is 2. The molecule has 182 valence electrons. The molecule has 0 aromatic rings. The Kier molecular flexibility index (Phi) is 8.34. The molecular weight excluding hydrogens is 404 g/mol. The molecule has 4 fully saturated rings. The molecule has 4 rings (SSSR count). The van der Waals surface area contributed by atoms with Gasteiger partial charge in [0.15, 0.2) is 0 Å². The van der Waals surface area contributed by atoms with Gasteiger partial charge in [0.05, 0.1) is 5.66 Å². The number of likely N-dealkylation sites (N-methyl/N-ethyl adjacent to an activating group) is 2. The Bertz CT molecular complexity index is 624. The average Bonchev–Trinajstić information content (AvgIpc) is 2.80. The van der Waals surface area contributed by atoms with Crippen molar-refractivity contribution in [2.45, 2.75) is 37.8 Å². The number of hydrogen-bond acceptors (Lipinski definition) is 8. The van der Waals surface area contributed by atoms with E-state index in [9.17, 15) is 9.59 Å². The van der Waals surface area contributed by atoms with Crippen molar-refractivity contribution in [3.05, 3.63) is 0 Å². The van der Waals surface area contributed by atoms with Gasteiger partial charge in [0.2, 0.25) is 0 Å². The van der Waals surface area contributed by atoms with Crippen molar-refractivity contribution in [1.29, 1.82) is 0 Å². The molecule has 8 nitrogen and oxygen atoms in total. The van der Waals surface area contributed by atoms with Crippen molar-refractivity contribution >= 4 is 11.6 Å². The molecule has 4 aliphatic rings. The fourth-order valence-corrected chi connectivity index (χ4v) is 5.92. The minimum Gasteiger partial charge on any atom is -0.304 e. The first kappa shape index (κ1) is 24.2. The van der Waals surface area contributed by atoms with E-state index in [-0.39, 0.29) is 5.66 Å². The second-order valence-corrected chi connectivity index (χ2v) is 10.5. The van der Waals surface area contributed by atoms with Crippen LogP contribution < -0.4 is 0 Å². The van der Waals surface area contributed by atoms with Crippen molar-refractivity contribution in [2.24, 2.45) is 0 Å². The molecule has 4 heterocycles. The van der Waals surface area contributed by atoms with Crippen molar-refractivity contribution in [3.63, 3.8) is 0 Å². The Labute approximate surface area is 194 Å². The van der Waals surface area contributed by atoms with Gasteiger partial charge in [0.25, 0.3) is 0 Å². The van der Waals surface area contributed by atoms with Crippen molar-refractivity contribution in [1.82, 2.24) is 29.4 Å². The van der Waals surface area contributed by atoms with Crippen LogP contribution in [0.5, 0.6) is 0 Å². The highest BCUT2D eigenvalue weighted by Crippen LogP contribution is 2.31. The summed E-state index contributed by atoms with van der Waals surface area (Å²) in [6.45, 7) is 14.6. The third kappa shape index (κ3) is 5.96. The number of carbonyl (C=O) groups is 2. The highest BCUT2D eigenvalue weighted by molar-refractivity contribution is 5.79. The van der Waals surface area contributed by atoms with Crippen LogP contribution in [-0.2, 0) is 9.59 Å². The molecule has 0 radical (unpaired) electrons. The van der Waals surface area contributed by atoms with E-state index in [1.165, 1.54) is 0 Å². The number of rotatable bonds is 7. The largest absolute Gasteiger partial charge is 0.304 e. The van der Waals surface area contributed by atoms with Crippen LogP contribution in [0.4, 0.5) is 0 Å². The minimum atomic E-state index is -0.0499. The number of ketones is 2. The molecular formula is C24H44N6O2. The van der Waals surface area contributed by atoms with Gasteiger partial charge in [-0.05, 0) is 20.5 Å². The molecule has 0 aromatic heterocycles. The number of carbonyl (C=O) groups excluding carboxylic acids is 2. The van der Waals surface area contributed by atoms with Gasteiger partial charge in [-0.3, -0.25) is 24.3 Å². The standard InChI is InChI=1S/C24H44N6O2/c1-25-13-17-27(18-14-25)12-7-24(29-10-5-23(32)6-11-29,30-19-15-26(2)16-20-30)21-28-8-3-22(31)4-9-28/h3-21H2,1-2H3. The Hall–Kier alpha value is -0.900. The lowest BCUT2D eigenvalue weighted by molar-refractivity contribution is -0.136. The summed E-state index contributed by atoms with van der Waals surface area (Å²) >= 11 is 0. The third-order valence-corrected chi connectivity index (χ3v) is 8.32. The summed E-state index contributed by atoms with van der Waals surface area (Å²) in [7, 11) is 4.44. The first-order valence-electron chi connectivity index (χ1n) is 12.8. The SMILES string of the molecule is CN1CCN(CCC(CN2CCC(=O)CC2)(N2CCC(=O)CC2)N2CCN(C)CC2)CC1. The van der Waals surface area contributed by atoms with E-state index in [4.69, 9.17) is 0 Å². The highest BCUT2D eigenvalue weighted by Gasteiger charge is 2.45. The van der Waals surface area contributed by atoms with Gasteiger partial charge in [0, 0.05) is 117 Å². The van der Waals surface area contributed by atoms with E-state index in [1.807, 2.05) is 0 Å². The maximum Gasteiger partial charge on any atom is 0.135 e. The third-order valence-electron chi connectivity index (χ3n) is 8.32. The summed E-state index contributed by atoms with van der Waals surface area (Å²) in [5.41, 5.74) is -0.0499. The van der Waals surface area contributed by atoms with Gasteiger partial charge in [-0.15, -0.1) is 0 Å². The smallest absolute Gasteiger partial charge is 0.135 e. The van der Waals surface area contributed by atoms with Gasteiger partial charge >= 0.3 is 0 Å². The van der Waals surface area contributed by atoms with E-state index in [1.54, 1.807) is 0 Å². The highest BCUT2D eigenvalue weighted by atomic mass is 16.1. The Morgan fingerprint density at radius 1 is 0.594 bits per heavy atom. The second kappa shape index (κ2) is 11.0. The zero-order valence-corrected chi connectivity index (χ0v) is 20.4. The molecule has 0 aromatic carbocycles. The van der Waals surface area contributed by atoms with Crippen LogP contribution in [-0.4, -0.2) is 152 Å². The zero-order chi connectivity index (χ0) is 22.6. The summed E-state index contributed by atoms with van der Waals surface area (Å²) in [5.74, 6) is 0.823. The number of piperidine rings is 2. The zero-order valence-electron chi connectivity index (χ0n) is 20.4. The molecule has 32 heavy (non-hydrogen) atoms. The maximum absolute atomic E-state index is 12.1. The molecule has 1 unspecified atom stereocenters. The number of likely N-dealkylation sites (tertiary alicyclic amines) is 2. The van der Waals surface area contributed by atoms with Gasteiger partial charge in [-0.2, -0.15) is 0 Å². The Morgan fingerprint density at radius 2 is 1.06 bits per heavy atom. The Morgan fingerprint density at radius 3 is 1.62 bits per heavy atom. The monoisotopic (exact) mass is 448 g/mol. The molecule has 0 aliphatic carbocycles. The molecule has 0 amide bonds. The maximum atomic E-state index is 12.1. The molecule has 0 N–H and O–H groups in total. The van der Waals surface area contributed by atoms with Gasteiger partial charge in [0.1, 0.15) is 11.6 Å². The molecule has 4 aliphatic heterocycles. The molecule has 0 saturated carbocycles. The first-order valence-corrected chi connectivity index (χ1v) is 12.8. The number of nitrogens with zero attached hydrogens (tertiary/aromatic N) is 6. The molecule has 0 spiro atoms. The summed E-state index contributed by atoms with van der Waals surface area (Å²) in [6.07, 6.45) is 3.86. The predicted octanol–water partition coefficient (Wildman–Crippen LogP) is -0.103. The number of piperazine rings is 2. The van der Waals surface area contributed by atoms with Gasteiger partial charge in [-0.25, -0.2) is 0 Å². The average molecular weight is 449 g/mol. The lowest BCUT2D eigenvalue weighted by Gasteiger charge is -2.56. The molecule has 8 heteroatoms. The molecule has 4 saturated heterocycles. The Balaban J connectivity index is 1.55. The normalized spacial score (nSPS) is 28.8. The molecule has 0 bridgehead atoms. The van der Waals surface area contributed by atoms with Crippen LogP contribution in [0.15, 0.2) is 0 Å². The summed E-state index contributed by atoms with van der Waals surface area (Å²) in [5, 5.41) is 0. The lowest BCUT2D eigenvalue weighted by atomic mass is 9.93. The van der Waals surface area contributed by atoms with Crippen molar-refractivity contribution in [3.8, 4) is 0 Å². The topological polar surface area (TPSA) is 53.6 Å².